The number of imidazole rings is 1. The van der Waals surface area contributed by atoms with Gasteiger partial charge in [-0.25, -0.2) is 4.98 Å². The first-order chi connectivity index (χ1) is 10.2. The predicted molar refractivity (Wildman–Crippen MR) is 85.0 cm³/mol. The first-order valence-corrected chi connectivity index (χ1v) is 7.29. The van der Waals surface area contributed by atoms with Crippen molar-refractivity contribution >= 4 is 5.82 Å². The van der Waals surface area contributed by atoms with Crippen LogP contribution in [-0.4, -0.2) is 16.7 Å². The predicted octanol–water partition coefficient (Wildman–Crippen LogP) is 3.34. The van der Waals surface area contributed by atoms with Crippen molar-refractivity contribution in [2.45, 2.75) is 31.9 Å². The first kappa shape index (κ1) is 13.9. The van der Waals surface area contributed by atoms with E-state index in [1.54, 1.807) is 7.11 Å². The van der Waals surface area contributed by atoms with Gasteiger partial charge in [0.2, 0.25) is 0 Å². The number of nitrogen functional groups attached to an aromatic ring is 1. The van der Waals surface area contributed by atoms with E-state index < -0.39 is 0 Å². The lowest BCUT2D eigenvalue weighted by Gasteiger charge is -2.06. The average Bonchev–Trinajstić information content (AvgIpc) is 3.28. The van der Waals surface area contributed by atoms with E-state index in [0.717, 1.165) is 28.5 Å². The molecule has 0 spiro atoms. The maximum absolute atomic E-state index is 6.31. The number of allylic oxidation sites excluding steroid dienone is 1. The SMILES string of the molecule is C=CCn1c(C2CC2)nc(-c2ccc(COC)cc2)c1N. The Labute approximate surface area is 125 Å². The van der Waals surface area contributed by atoms with Crippen LogP contribution in [-0.2, 0) is 17.9 Å². The van der Waals surface area contributed by atoms with Gasteiger partial charge in [-0.1, -0.05) is 30.3 Å². The molecule has 2 aromatic rings. The molecule has 1 saturated carbocycles. The molecule has 0 radical (unpaired) electrons. The molecule has 1 fully saturated rings. The zero-order valence-corrected chi connectivity index (χ0v) is 12.4. The van der Waals surface area contributed by atoms with Gasteiger partial charge in [-0.3, -0.25) is 0 Å². The van der Waals surface area contributed by atoms with Gasteiger partial charge in [-0.15, -0.1) is 6.58 Å². The number of nitrogens with zero attached hydrogens (tertiary/aromatic N) is 2. The molecule has 2 N–H and O–H groups in total. The molecule has 21 heavy (non-hydrogen) atoms. The van der Waals surface area contributed by atoms with Crippen LogP contribution in [0, 0.1) is 0 Å². The van der Waals surface area contributed by atoms with Crippen molar-refractivity contribution in [3.05, 3.63) is 48.3 Å². The Kier molecular flexibility index (Phi) is 3.80. The number of anilines is 1. The van der Waals surface area contributed by atoms with Gasteiger partial charge in [-0.2, -0.15) is 0 Å². The summed E-state index contributed by atoms with van der Waals surface area (Å²) in [7, 11) is 1.70. The van der Waals surface area contributed by atoms with Crippen LogP contribution in [0.2, 0.25) is 0 Å². The van der Waals surface area contributed by atoms with E-state index in [2.05, 4.69) is 35.4 Å². The van der Waals surface area contributed by atoms with Gasteiger partial charge in [-0.05, 0) is 18.4 Å². The Balaban J connectivity index is 1.97. The highest BCUT2D eigenvalue weighted by atomic mass is 16.5. The number of hydrogen-bond donors (Lipinski definition) is 1. The highest BCUT2D eigenvalue weighted by Crippen LogP contribution is 2.42. The number of ether oxygens (including phenoxy) is 1. The second-order valence-electron chi connectivity index (χ2n) is 5.51. The fraction of sp³-hybridized carbons (Fsp3) is 0.353. The molecule has 1 aliphatic carbocycles. The van der Waals surface area contributed by atoms with Gasteiger partial charge in [0.1, 0.15) is 17.3 Å². The molecule has 0 aliphatic heterocycles. The van der Waals surface area contributed by atoms with E-state index in [4.69, 9.17) is 15.5 Å². The minimum Gasteiger partial charge on any atom is -0.383 e. The van der Waals surface area contributed by atoms with Gasteiger partial charge >= 0.3 is 0 Å². The van der Waals surface area contributed by atoms with Crippen molar-refractivity contribution in [1.82, 2.24) is 9.55 Å². The molecule has 110 valence electrons. The van der Waals surface area contributed by atoms with E-state index >= 15 is 0 Å². The van der Waals surface area contributed by atoms with Crippen molar-refractivity contribution in [1.29, 1.82) is 0 Å². The van der Waals surface area contributed by atoms with Gasteiger partial charge in [0.05, 0.1) is 6.61 Å². The van der Waals surface area contributed by atoms with Gasteiger partial charge in [0, 0.05) is 25.1 Å². The molecule has 0 bridgehead atoms. The van der Waals surface area contributed by atoms with Crippen LogP contribution in [0.15, 0.2) is 36.9 Å². The van der Waals surface area contributed by atoms with E-state index in [-0.39, 0.29) is 0 Å². The lowest BCUT2D eigenvalue weighted by Crippen LogP contribution is -2.05. The molecule has 0 atom stereocenters. The van der Waals surface area contributed by atoms with Crippen molar-refractivity contribution in [3.63, 3.8) is 0 Å². The molecular formula is C17H21N3O. The Hall–Kier alpha value is -2.07. The van der Waals surface area contributed by atoms with Crippen LogP contribution >= 0.6 is 0 Å². The lowest BCUT2D eigenvalue weighted by atomic mass is 10.1. The quantitative estimate of drug-likeness (QED) is 0.827. The summed E-state index contributed by atoms with van der Waals surface area (Å²) in [4.78, 5) is 4.80. The minimum atomic E-state index is 0.564. The van der Waals surface area contributed by atoms with Crippen molar-refractivity contribution in [3.8, 4) is 11.3 Å². The Morgan fingerprint density at radius 3 is 2.67 bits per heavy atom. The van der Waals surface area contributed by atoms with Gasteiger partial charge in [0.15, 0.2) is 0 Å². The number of aromatic nitrogens is 2. The molecule has 1 aromatic heterocycles. The topological polar surface area (TPSA) is 53.1 Å². The summed E-state index contributed by atoms with van der Waals surface area (Å²) in [6.07, 6.45) is 4.29. The van der Waals surface area contributed by atoms with Crippen molar-refractivity contribution in [2.75, 3.05) is 12.8 Å². The third kappa shape index (κ3) is 2.72. The number of nitrogens with two attached hydrogens (primary N) is 1. The molecule has 3 rings (SSSR count). The van der Waals surface area contributed by atoms with Crippen LogP contribution in [0.25, 0.3) is 11.3 Å². The second kappa shape index (κ2) is 5.74. The molecule has 4 nitrogen and oxygen atoms in total. The summed E-state index contributed by atoms with van der Waals surface area (Å²) in [6.45, 7) is 5.15. The summed E-state index contributed by atoms with van der Waals surface area (Å²) in [5, 5.41) is 0. The zero-order valence-electron chi connectivity index (χ0n) is 12.4. The summed E-state index contributed by atoms with van der Waals surface area (Å²) < 4.78 is 7.22. The highest BCUT2D eigenvalue weighted by Gasteiger charge is 2.30. The highest BCUT2D eigenvalue weighted by molar-refractivity contribution is 5.71. The van der Waals surface area contributed by atoms with Gasteiger partial charge in [0.25, 0.3) is 0 Å². The molecular weight excluding hydrogens is 262 g/mol. The van der Waals surface area contributed by atoms with Crippen LogP contribution < -0.4 is 5.73 Å². The smallest absolute Gasteiger partial charge is 0.132 e. The average molecular weight is 283 g/mol. The summed E-state index contributed by atoms with van der Waals surface area (Å²) >= 11 is 0. The lowest BCUT2D eigenvalue weighted by molar-refractivity contribution is 0.185. The molecule has 4 heteroatoms. The second-order valence-corrected chi connectivity index (χ2v) is 5.51. The Morgan fingerprint density at radius 2 is 2.10 bits per heavy atom. The fourth-order valence-corrected chi connectivity index (χ4v) is 2.60. The summed E-state index contributed by atoms with van der Waals surface area (Å²) in [5.41, 5.74) is 9.39. The third-order valence-corrected chi connectivity index (χ3v) is 3.83. The van der Waals surface area contributed by atoms with Crippen molar-refractivity contribution < 1.29 is 4.74 Å². The molecule has 1 heterocycles. The number of methoxy groups -OCH3 is 1. The van der Waals surface area contributed by atoms with E-state index in [1.165, 1.54) is 12.8 Å². The largest absolute Gasteiger partial charge is 0.383 e. The Morgan fingerprint density at radius 1 is 1.38 bits per heavy atom. The third-order valence-electron chi connectivity index (χ3n) is 3.83. The summed E-state index contributed by atoms with van der Waals surface area (Å²) in [6, 6.07) is 8.23. The summed E-state index contributed by atoms with van der Waals surface area (Å²) in [5.74, 6) is 2.40. The Bertz CT molecular complexity index is 639. The van der Waals surface area contributed by atoms with Crippen LogP contribution in [0.5, 0.6) is 0 Å². The molecule has 0 amide bonds. The van der Waals surface area contributed by atoms with E-state index in [9.17, 15) is 0 Å². The van der Waals surface area contributed by atoms with Crippen LogP contribution in [0.3, 0.4) is 0 Å². The van der Waals surface area contributed by atoms with E-state index in [0.29, 0.717) is 19.1 Å². The molecule has 0 unspecified atom stereocenters. The minimum absolute atomic E-state index is 0.564. The standard InChI is InChI=1S/C17H21N3O/c1-3-10-20-16(18)15(19-17(20)14-8-9-14)13-6-4-12(5-7-13)11-21-2/h3-7,14H,1,8-11,18H2,2H3. The number of hydrogen-bond acceptors (Lipinski definition) is 3. The van der Waals surface area contributed by atoms with Crippen molar-refractivity contribution in [2.24, 2.45) is 0 Å². The maximum atomic E-state index is 6.31. The molecule has 1 aromatic carbocycles. The first-order valence-electron chi connectivity index (χ1n) is 7.29. The zero-order chi connectivity index (χ0) is 14.8. The normalized spacial score (nSPS) is 14.3. The molecule has 1 aliphatic rings. The van der Waals surface area contributed by atoms with E-state index in [1.807, 2.05) is 6.08 Å². The monoisotopic (exact) mass is 283 g/mol. The fourth-order valence-electron chi connectivity index (χ4n) is 2.60. The molecule has 0 saturated heterocycles. The van der Waals surface area contributed by atoms with Gasteiger partial charge < -0.3 is 15.0 Å². The maximum Gasteiger partial charge on any atom is 0.132 e. The number of benzene rings is 1. The van der Waals surface area contributed by atoms with Crippen LogP contribution in [0.1, 0.15) is 30.1 Å². The number of rotatable bonds is 6. The van der Waals surface area contributed by atoms with Crippen LogP contribution in [0.4, 0.5) is 5.82 Å².